The molecule has 0 bridgehead atoms. The van der Waals surface area contributed by atoms with Crippen molar-refractivity contribution < 1.29 is 10.2 Å². The van der Waals surface area contributed by atoms with E-state index in [0.717, 1.165) is 5.56 Å². The third-order valence-corrected chi connectivity index (χ3v) is 4.58. The second kappa shape index (κ2) is 6.31. The summed E-state index contributed by atoms with van der Waals surface area (Å²) in [6, 6.07) is 5.09. The molecule has 0 radical (unpaired) electrons. The highest BCUT2D eigenvalue weighted by molar-refractivity contribution is 5.41. The van der Waals surface area contributed by atoms with Crippen LogP contribution in [0.5, 0.6) is 11.5 Å². The Kier molecular flexibility index (Phi) is 4.73. The van der Waals surface area contributed by atoms with Gasteiger partial charge in [-0.1, -0.05) is 45.4 Å². The Balaban J connectivity index is 1.97. The van der Waals surface area contributed by atoms with Crippen LogP contribution in [0, 0.1) is 0 Å². The number of unbranched alkanes of at least 4 members (excludes halogenated alkanes) is 4. The van der Waals surface area contributed by atoms with Crippen LogP contribution in [0.2, 0.25) is 0 Å². The Morgan fingerprint density at radius 1 is 0.947 bits per heavy atom. The van der Waals surface area contributed by atoms with Crippen molar-refractivity contribution >= 4 is 0 Å². The Bertz CT molecular complexity index is 387. The molecule has 19 heavy (non-hydrogen) atoms. The smallest absolute Gasteiger partial charge is 0.119 e. The van der Waals surface area contributed by atoms with Crippen molar-refractivity contribution in [1.82, 2.24) is 0 Å². The molecule has 0 saturated heterocycles. The quantitative estimate of drug-likeness (QED) is 0.687. The first-order valence-electron chi connectivity index (χ1n) is 7.70. The molecule has 1 aliphatic rings. The van der Waals surface area contributed by atoms with E-state index in [1.807, 2.05) is 12.1 Å². The number of aromatic hydroxyl groups is 2. The third-order valence-electron chi connectivity index (χ3n) is 4.58. The molecule has 106 valence electrons. The fraction of sp³-hybridized carbons (Fsp3) is 0.647. The van der Waals surface area contributed by atoms with Gasteiger partial charge >= 0.3 is 0 Å². The minimum Gasteiger partial charge on any atom is -0.508 e. The van der Waals surface area contributed by atoms with Crippen LogP contribution in [0.3, 0.4) is 0 Å². The number of rotatable bonds is 7. The minimum absolute atomic E-state index is 0.187. The molecule has 0 aliphatic heterocycles. The van der Waals surface area contributed by atoms with Gasteiger partial charge in [-0.25, -0.2) is 0 Å². The summed E-state index contributed by atoms with van der Waals surface area (Å²) in [4.78, 5) is 0. The number of hydrogen-bond donors (Lipinski definition) is 2. The SMILES string of the molecule is CCCCCCCC1(c2cc(O)cc(O)c2)CCC1. The zero-order chi connectivity index (χ0) is 13.7. The van der Waals surface area contributed by atoms with Crippen LogP contribution in [0.25, 0.3) is 0 Å². The molecule has 0 unspecified atom stereocenters. The van der Waals surface area contributed by atoms with E-state index < -0.39 is 0 Å². The molecule has 2 N–H and O–H groups in total. The van der Waals surface area contributed by atoms with Crippen molar-refractivity contribution in [3.05, 3.63) is 23.8 Å². The predicted octanol–water partition coefficient (Wildman–Crippen LogP) is 4.88. The average Bonchev–Trinajstić information content (AvgIpc) is 2.30. The van der Waals surface area contributed by atoms with Crippen molar-refractivity contribution in [2.24, 2.45) is 0 Å². The average molecular weight is 262 g/mol. The summed E-state index contributed by atoms with van der Waals surface area (Å²) < 4.78 is 0. The van der Waals surface area contributed by atoms with Crippen molar-refractivity contribution in [2.45, 2.75) is 70.1 Å². The first kappa shape index (κ1) is 14.2. The van der Waals surface area contributed by atoms with Gasteiger partial charge in [0.15, 0.2) is 0 Å². The van der Waals surface area contributed by atoms with Gasteiger partial charge < -0.3 is 10.2 Å². The first-order chi connectivity index (χ1) is 9.16. The summed E-state index contributed by atoms with van der Waals surface area (Å²) >= 11 is 0. The Hall–Kier alpha value is -1.18. The Labute approximate surface area is 116 Å². The molecule has 0 amide bonds. The molecule has 1 aliphatic carbocycles. The minimum atomic E-state index is 0.187. The summed E-state index contributed by atoms with van der Waals surface area (Å²) in [6.07, 6.45) is 11.4. The van der Waals surface area contributed by atoms with Crippen molar-refractivity contribution in [3.63, 3.8) is 0 Å². The first-order valence-corrected chi connectivity index (χ1v) is 7.70. The molecule has 1 saturated carbocycles. The number of hydrogen-bond acceptors (Lipinski definition) is 2. The third kappa shape index (κ3) is 3.43. The van der Waals surface area contributed by atoms with E-state index in [0.29, 0.717) is 0 Å². The lowest BCUT2D eigenvalue weighted by Gasteiger charge is -2.43. The summed E-state index contributed by atoms with van der Waals surface area (Å²) in [5, 5.41) is 19.3. The lowest BCUT2D eigenvalue weighted by atomic mass is 9.62. The van der Waals surface area contributed by atoms with Crippen LogP contribution in [0.4, 0.5) is 0 Å². The molecule has 0 aromatic heterocycles. The number of benzene rings is 1. The molecule has 2 heteroatoms. The van der Waals surface area contributed by atoms with Crippen LogP contribution < -0.4 is 0 Å². The molecule has 1 fully saturated rings. The van der Waals surface area contributed by atoms with E-state index >= 15 is 0 Å². The fourth-order valence-corrected chi connectivity index (χ4v) is 3.25. The van der Waals surface area contributed by atoms with E-state index in [1.165, 1.54) is 63.9 Å². The molecule has 0 atom stereocenters. The molecular formula is C17H26O2. The summed E-state index contributed by atoms with van der Waals surface area (Å²) in [7, 11) is 0. The van der Waals surface area contributed by atoms with Crippen LogP contribution in [-0.4, -0.2) is 10.2 Å². The summed E-state index contributed by atoms with van der Waals surface area (Å²) in [5.41, 5.74) is 1.36. The largest absolute Gasteiger partial charge is 0.508 e. The lowest BCUT2D eigenvalue weighted by molar-refractivity contribution is 0.217. The van der Waals surface area contributed by atoms with Gasteiger partial charge in [-0.3, -0.25) is 0 Å². The number of phenolic OH excluding ortho intramolecular Hbond substituents is 2. The van der Waals surface area contributed by atoms with E-state index in [9.17, 15) is 10.2 Å². The summed E-state index contributed by atoms with van der Waals surface area (Å²) in [6.45, 7) is 2.24. The highest BCUT2D eigenvalue weighted by atomic mass is 16.3. The summed E-state index contributed by atoms with van der Waals surface area (Å²) in [5.74, 6) is 0.375. The van der Waals surface area contributed by atoms with Crippen LogP contribution in [0.1, 0.15) is 70.3 Å². The van der Waals surface area contributed by atoms with Gasteiger partial charge in [0.1, 0.15) is 11.5 Å². The van der Waals surface area contributed by atoms with E-state index in [2.05, 4.69) is 6.92 Å². The Morgan fingerprint density at radius 3 is 2.11 bits per heavy atom. The van der Waals surface area contributed by atoms with Gasteiger partial charge in [0.2, 0.25) is 0 Å². The maximum atomic E-state index is 9.66. The fourth-order valence-electron chi connectivity index (χ4n) is 3.25. The molecular weight excluding hydrogens is 236 g/mol. The maximum absolute atomic E-state index is 9.66. The second-order valence-corrected chi connectivity index (χ2v) is 6.04. The molecule has 0 heterocycles. The van der Waals surface area contributed by atoms with Gasteiger partial charge in [-0.05, 0) is 42.4 Å². The predicted molar refractivity (Wildman–Crippen MR) is 78.7 cm³/mol. The highest BCUT2D eigenvalue weighted by Gasteiger charge is 2.38. The monoisotopic (exact) mass is 262 g/mol. The van der Waals surface area contributed by atoms with Gasteiger partial charge in [0.05, 0.1) is 0 Å². The van der Waals surface area contributed by atoms with Crippen LogP contribution >= 0.6 is 0 Å². The normalized spacial score (nSPS) is 17.1. The Morgan fingerprint density at radius 2 is 1.58 bits per heavy atom. The van der Waals surface area contributed by atoms with Gasteiger partial charge in [0, 0.05) is 6.07 Å². The van der Waals surface area contributed by atoms with Gasteiger partial charge in [-0.2, -0.15) is 0 Å². The van der Waals surface area contributed by atoms with Crippen LogP contribution in [0.15, 0.2) is 18.2 Å². The maximum Gasteiger partial charge on any atom is 0.119 e. The highest BCUT2D eigenvalue weighted by Crippen LogP contribution is 2.49. The van der Waals surface area contributed by atoms with Gasteiger partial charge in [0.25, 0.3) is 0 Å². The zero-order valence-electron chi connectivity index (χ0n) is 12.0. The second-order valence-electron chi connectivity index (χ2n) is 6.04. The molecule has 2 rings (SSSR count). The van der Waals surface area contributed by atoms with Crippen LogP contribution in [-0.2, 0) is 5.41 Å². The lowest BCUT2D eigenvalue weighted by Crippen LogP contribution is -2.34. The molecule has 1 aromatic carbocycles. The molecule has 2 nitrogen and oxygen atoms in total. The van der Waals surface area contributed by atoms with Crippen molar-refractivity contribution in [1.29, 1.82) is 0 Å². The van der Waals surface area contributed by atoms with Crippen molar-refractivity contribution in [2.75, 3.05) is 0 Å². The van der Waals surface area contributed by atoms with Gasteiger partial charge in [-0.15, -0.1) is 0 Å². The standard InChI is InChI=1S/C17H26O2/c1-2-3-4-5-6-8-17(9-7-10-17)14-11-15(18)13-16(19)12-14/h11-13,18-19H,2-10H2,1H3. The topological polar surface area (TPSA) is 40.5 Å². The molecule has 1 aromatic rings. The van der Waals surface area contributed by atoms with Crippen molar-refractivity contribution in [3.8, 4) is 11.5 Å². The molecule has 0 spiro atoms. The van der Waals surface area contributed by atoms with E-state index in [-0.39, 0.29) is 16.9 Å². The number of phenols is 2. The van der Waals surface area contributed by atoms with E-state index in [4.69, 9.17) is 0 Å². The zero-order valence-corrected chi connectivity index (χ0v) is 12.0. The van der Waals surface area contributed by atoms with E-state index in [1.54, 1.807) is 0 Å².